The third-order valence-corrected chi connectivity index (χ3v) is 4.68. The number of nitro benzene ring substituents is 1. The van der Waals surface area contributed by atoms with Crippen molar-refractivity contribution in [2.45, 2.75) is 4.90 Å². The highest BCUT2D eigenvalue weighted by molar-refractivity contribution is 14.1. The molecule has 2 rings (SSSR count). The lowest BCUT2D eigenvalue weighted by molar-refractivity contribution is -0.384. The summed E-state index contributed by atoms with van der Waals surface area (Å²) in [5, 5.41) is 20.0. The second-order valence-electron chi connectivity index (χ2n) is 4.37. The molecule has 0 atom stereocenters. The number of nitro groups is 1. The van der Waals surface area contributed by atoms with E-state index in [9.17, 15) is 18.5 Å². The molecule has 2 aromatic carbocycles. The number of primary sulfonamides is 1. The summed E-state index contributed by atoms with van der Waals surface area (Å²) in [6.07, 6.45) is 1.51. The molecule has 0 aliphatic heterocycles. The summed E-state index contributed by atoms with van der Waals surface area (Å²) in [6, 6.07) is 10.8. The van der Waals surface area contributed by atoms with Crippen molar-refractivity contribution in [3.05, 3.63) is 61.7 Å². The number of benzene rings is 2. The summed E-state index contributed by atoms with van der Waals surface area (Å²) in [5.41, 5.74) is 3.00. The van der Waals surface area contributed by atoms with E-state index in [1.807, 2.05) is 24.3 Å². The van der Waals surface area contributed by atoms with Crippen LogP contribution in [0.3, 0.4) is 0 Å². The third-order valence-electron chi connectivity index (χ3n) is 2.79. The first-order valence-electron chi connectivity index (χ1n) is 6.14. The van der Waals surface area contributed by atoms with Gasteiger partial charge in [0.1, 0.15) is 5.69 Å². The molecule has 0 aliphatic rings. The van der Waals surface area contributed by atoms with Gasteiger partial charge < -0.3 is 0 Å². The van der Waals surface area contributed by atoms with Crippen LogP contribution in [0.2, 0.25) is 0 Å². The highest BCUT2D eigenvalue weighted by Crippen LogP contribution is 2.27. The summed E-state index contributed by atoms with van der Waals surface area (Å²) >= 11 is 2.14. The molecule has 0 aromatic heterocycles. The van der Waals surface area contributed by atoms with Crippen LogP contribution in [0, 0.1) is 13.7 Å². The summed E-state index contributed by atoms with van der Waals surface area (Å²) < 4.78 is 23.5. The van der Waals surface area contributed by atoms with Crippen molar-refractivity contribution in [1.82, 2.24) is 0 Å². The lowest BCUT2D eigenvalue weighted by atomic mass is 10.2. The minimum Gasteiger partial charge on any atom is -0.272 e. The third kappa shape index (κ3) is 4.46. The normalized spacial score (nSPS) is 11.6. The fraction of sp³-hybridized carbons (Fsp3) is 0. The highest BCUT2D eigenvalue weighted by Gasteiger charge is 2.18. The number of rotatable bonds is 5. The summed E-state index contributed by atoms with van der Waals surface area (Å²) in [5.74, 6) is 0. The summed E-state index contributed by atoms with van der Waals surface area (Å²) in [6.45, 7) is 0. The monoisotopic (exact) mass is 446 g/mol. The van der Waals surface area contributed by atoms with Crippen LogP contribution in [0.4, 0.5) is 11.4 Å². The van der Waals surface area contributed by atoms with Gasteiger partial charge in [0.25, 0.3) is 5.69 Å². The van der Waals surface area contributed by atoms with E-state index < -0.39 is 20.6 Å². The van der Waals surface area contributed by atoms with E-state index in [2.05, 4.69) is 33.1 Å². The number of anilines is 1. The Balaban J connectivity index is 2.30. The van der Waals surface area contributed by atoms with Crippen molar-refractivity contribution < 1.29 is 13.3 Å². The first kappa shape index (κ1) is 17.3. The molecule has 0 unspecified atom stereocenters. The van der Waals surface area contributed by atoms with Crippen molar-refractivity contribution in [2.75, 3.05) is 5.43 Å². The largest absolute Gasteiger partial charge is 0.295 e. The molecule has 0 saturated heterocycles. The Morgan fingerprint density at radius 1 is 1.26 bits per heavy atom. The van der Waals surface area contributed by atoms with E-state index in [0.717, 1.165) is 15.2 Å². The number of hydrazone groups is 1. The minimum absolute atomic E-state index is 0.0598. The van der Waals surface area contributed by atoms with E-state index >= 15 is 0 Å². The number of nitrogens with zero attached hydrogens (tertiary/aromatic N) is 2. The molecule has 0 radical (unpaired) electrons. The molecule has 0 fully saturated rings. The number of hydrogen-bond acceptors (Lipinski definition) is 6. The maximum atomic E-state index is 11.3. The van der Waals surface area contributed by atoms with Gasteiger partial charge in [0.05, 0.1) is 16.0 Å². The van der Waals surface area contributed by atoms with Crippen LogP contribution >= 0.6 is 22.6 Å². The van der Waals surface area contributed by atoms with Gasteiger partial charge >= 0.3 is 0 Å². The summed E-state index contributed by atoms with van der Waals surface area (Å²) in [7, 11) is -4.02. The van der Waals surface area contributed by atoms with Crippen molar-refractivity contribution in [3.8, 4) is 0 Å². The highest BCUT2D eigenvalue weighted by atomic mass is 127. The van der Waals surface area contributed by atoms with E-state index in [4.69, 9.17) is 5.14 Å². The number of hydrogen-bond donors (Lipinski definition) is 2. The molecule has 0 heterocycles. The predicted octanol–water partition coefficient (Wildman–Crippen LogP) is 2.29. The van der Waals surface area contributed by atoms with Crippen LogP contribution < -0.4 is 10.6 Å². The number of sulfonamides is 1. The van der Waals surface area contributed by atoms with Gasteiger partial charge in [-0.15, -0.1) is 0 Å². The zero-order chi connectivity index (χ0) is 17.0. The molecular weight excluding hydrogens is 435 g/mol. The average molecular weight is 446 g/mol. The van der Waals surface area contributed by atoms with Gasteiger partial charge in [0.15, 0.2) is 0 Å². The molecule has 23 heavy (non-hydrogen) atoms. The van der Waals surface area contributed by atoms with E-state index in [1.54, 1.807) is 0 Å². The number of halogens is 1. The second-order valence-corrected chi connectivity index (χ2v) is 7.10. The van der Waals surface area contributed by atoms with Crippen LogP contribution in [0.25, 0.3) is 0 Å². The molecule has 0 saturated carbocycles. The van der Waals surface area contributed by atoms with E-state index in [0.29, 0.717) is 0 Å². The maximum Gasteiger partial charge on any atom is 0.295 e. The Kier molecular flexibility index (Phi) is 5.28. The van der Waals surface area contributed by atoms with Crippen molar-refractivity contribution >= 4 is 50.2 Å². The predicted molar refractivity (Wildman–Crippen MR) is 94.8 cm³/mol. The van der Waals surface area contributed by atoms with Crippen LogP contribution in [-0.4, -0.2) is 19.6 Å². The average Bonchev–Trinajstić information content (AvgIpc) is 2.48. The minimum atomic E-state index is -4.02. The molecule has 0 bridgehead atoms. The lowest BCUT2D eigenvalue weighted by Crippen LogP contribution is -2.12. The Labute approximate surface area is 145 Å². The zero-order valence-corrected chi connectivity index (χ0v) is 14.5. The molecule has 2 aromatic rings. The van der Waals surface area contributed by atoms with Gasteiger partial charge in [0, 0.05) is 15.2 Å². The molecule has 120 valence electrons. The first-order chi connectivity index (χ1) is 10.8. The SMILES string of the molecule is NS(=O)(=O)c1ccc(NN=Cc2ccccc2I)c([N+](=O)[O-])c1. The Morgan fingerprint density at radius 3 is 2.57 bits per heavy atom. The summed E-state index contributed by atoms with van der Waals surface area (Å²) in [4.78, 5) is 10.0. The quantitative estimate of drug-likeness (QED) is 0.315. The van der Waals surface area contributed by atoms with Crippen molar-refractivity contribution in [2.24, 2.45) is 10.2 Å². The van der Waals surface area contributed by atoms with Crippen LogP contribution in [0.5, 0.6) is 0 Å². The van der Waals surface area contributed by atoms with Gasteiger partial charge in [-0.2, -0.15) is 5.10 Å². The lowest BCUT2D eigenvalue weighted by Gasteiger charge is -2.04. The van der Waals surface area contributed by atoms with Gasteiger partial charge in [-0.05, 0) is 40.8 Å². The van der Waals surface area contributed by atoms with Crippen LogP contribution in [0.1, 0.15) is 5.56 Å². The van der Waals surface area contributed by atoms with Gasteiger partial charge in [0.2, 0.25) is 10.0 Å². The number of nitrogens with two attached hydrogens (primary N) is 1. The maximum absolute atomic E-state index is 11.3. The molecule has 0 spiro atoms. The zero-order valence-electron chi connectivity index (χ0n) is 11.5. The van der Waals surface area contributed by atoms with Gasteiger partial charge in [-0.1, -0.05) is 18.2 Å². The smallest absolute Gasteiger partial charge is 0.272 e. The molecule has 0 aliphatic carbocycles. The van der Waals surface area contributed by atoms with Crippen molar-refractivity contribution in [1.29, 1.82) is 0 Å². The topological polar surface area (TPSA) is 128 Å². The fourth-order valence-corrected chi connectivity index (χ4v) is 2.75. The second kappa shape index (κ2) is 7.02. The van der Waals surface area contributed by atoms with Gasteiger partial charge in [-0.25, -0.2) is 13.6 Å². The van der Waals surface area contributed by atoms with E-state index in [1.165, 1.54) is 18.3 Å². The molecule has 0 amide bonds. The Hall–Kier alpha value is -2.05. The standard InChI is InChI=1S/C13H11IN4O4S/c14-11-4-2-1-3-9(11)8-16-17-12-6-5-10(23(15,21)22)7-13(12)18(19)20/h1-8,17H,(H2,15,21,22). The molecular formula is C13H11IN4O4S. The Morgan fingerprint density at radius 2 is 1.96 bits per heavy atom. The number of nitrogens with one attached hydrogen (secondary N) is 1. The van der Waals surface area contributed by atoms with Crippen LogP contribution in [-0.2, 0) is 10.0 Å². The first-order valence-corrected chi connectivity index (χ1v) is 8.76. The van der Waals surface area contributed by atoms with Crippen LogP contribution in [0.15, 0.2) is 52.5 Å². The Bertz CT molecular complexity index is 883. The molecule has 3 N–H and O–H groups in total. The molecule has 8 nitrogen and oxygen atoms in total. The van der Waals surface area contributed by atoms with Gasteiger partial charge in [-0.3, -0.25) is 15.5 Å². The van der Waals surface area contributed by atoms with Crippen molar-refractivity contribution in [3.63, 3.8) is 0 Å². The van der Waals surface area contributed by atoms with E-state index in [-0.39, 0.29) is 10.6 Å². The molecule has 10 heteroatoms. The fourth-order valence-electron chi connectivity index (χ4n) is 1.69.